The number of nitrogens with zero attached hydrogens (tertiary/aromatic N) is 2. The molecule has 4 fully saturated rings. The predicted molar refractivity (Wildman–Crippen MR) is 225 cm³/mol. The van der Waals surface area contributed by atoms with Crippen LogP contribution in [-0.4, -0.2) is 91.4 Å². The number of carbonyl (C=O) groups is 4. The van der Waals surface area contributed by atoms with E-state index in [0.29, 0.717) is 60.2 Å². The van der Waals surface area contributed by atoms with Gasteiger partial charge in [-0.25, -0.2) is 18.2 Å². The molecule has 60 heavy (non-hydrogen) atoms. The summed E-state index contributed by atoms with van der Waals surface area (Å²) in [6, 6.07) is 13.2. The van der Waals surface area contributed by atoms with Gasteiger partial charge in [0, 0.05) is 41.0 Å². The molecule has 1 aromatic heterocycles. The first kappa shape index (κ1) is 41.3. The van der Waals surface area contributed by atoms with Crippen LogP contribution in [0.15, 0.2) is 67.3 Å². The van der Waals surface area contributed by atoms with E-state index in [4.69, 9.17) is 19.2 Å². The summed E-state index contributed by atoms with van der Waals surface area (Å²) in [4.78, 5) is 63.2. The van der Waals surface area contributed by atoms with Gasteiger partial charge in [-0.3, -0.25) is 19.1 Å². The minimum atomic E-state index is -3.92. The topological polar surface area (TPSA) is 182 Å². The number of carbonyl (C=O) groups excluding carboxylic acids is 4. The smallest absolute Gasteiger partial charge is 0.407 e. The average Bonchev–Trinajstić information content (AvgIpc) is 4.18. The lowest BCUT2D eigenvalue weighted by Crippen LogP contribution is -2.59. The largest absolute Gasteiger partial charge is 0.496 e. The van der Waals surface area contributed by atoms with Gasteiger partial charge in [-0.1, -0.05) is 74.7 Å². The van der Waals surface area contributed by atoms with Gasteiger partial charge in [0.2, 0.25) is 21.8 Å². The molecule has 318 valence electrons. The highest BCUT2D eigenvalue weighted by Gasteiger charge is 2.62. The second kappa shape index (κ2) is 16.9. The van der Waals surface area contributed by atoms with Crippen molar-refractivity contribution in [2.24, 2.45) is 17.8 Å². The maximum atomic E-state index is 15.0. The van der Waals surface area contributed by atoms with Crippen LogP contribution in [0.3, 0.4) is 0 Å². The molecular formula is C45H53N5O9S. The van der Waals surface area contributed by atoms with Crippen LogP contribution in [-0.2, 0) is 29.1 Å². The zero-order valence-electron chi connectivity index (χ0n) is 34.1. The first-order valence-electron chi connectivity index (χ1n) is 21.0. The molecule has 4 bridgehead atoms. The fourth-order valence-corrected chi connectivity index (χ4v) is 10.2. The monoisotopic (exact) mass is 839 g/mol. The highest BCUT2D eigenvalue weighted by molar-refractivity contribution is 7.91. The molecule has 1 unspecified atom stereocenters. The van der Waals surface area contributed by atoms with Crippen LogP contribution in [0.1, 0.15) is 76.7 Å². The molecule has 5 aliphatic rings. The average molecular weight is 840 g/mol. The minimum absolute atomic E-state index is 0.0125. The molecule has 0 spiro atoms. The molecule has 2 aromatic carbocycles. The van der Waals surface area contributed by atoms with E-state index >= 15 is 0 Å². The van der Waals surface area contributed by atoms with Crippen molar-refractivity contribution in [2.45, 2.75) is 100 Å². The van der Waals surface area contributed by atoms with Crippen molar-refractivity contribution in [3.05, 3.63) is 72.8 Å². The van der Waals surface area contributed by atoms with E-state index < -0.39 is 68.7 Å². The van der Waals surface area contributed by atoms with Crippen molar-refractivity contribution >= 4 is 50.8 Å². The molecule has 1 saturated heterocycles. The summed E-state index contributed by atoms with van der Waals surface area (Å²) in [6.45, 7) is 5.90. The molecule has 4 amide bonds. The Labute approximate surface area is 350 Å². The van der Waals surface area contributed by atoms with Gasteiger partial charge in [-0.05, 0) is 56.4 Å². The zero-order valence-corrected chi connectivity index (χ0v) is 34.9. The third kappa shape index (κ3) is 8.59. The lowest BCUT2D eigenvalue weighted by molar-refractivity contribution is -0.142. The summed E-state index contributed by atoms with van der Waals surface area (Å²) in [7, 11) is -2.32. The number of amides is 4. The normalized spacial score (nSPS) is 27.5. The van der Waals surface area contributed by atoms with Gasteiger partial charge in [0.25, 0.3) is 5.91 Å². The van der Waals surface area contributed by atoms with Crippen LogP contribution in [0.2, 0.25) is 0 Å². The van der Waals surface area contributed by atoms with Crippen molar-refractivity contribution in [2.75, 3.05) is 20.3 Å². The molecule has 3 saturated carbocycles. The van der Waals surface area contributed by atoms with Gasteiger partial charge in [0.15, 0.2) is 0 Å². The van der Waals surface area contributed by atoms with Crippen molar-refractivity contribution in [1.29, 1.82) is 0 Å². The Morgan fingerprint density at radius 1 is 1.07 bits per heavy atom. The molecule has 2 aliphatic heterocycles. The van der Waals surface area contributed by atoms with Crippen molar-refractivity contribution in [3.8, 4) is 22.8 Å². The molecule has 8 rings (SSSR count). The Morgan fingerprint density at radius 3 is 2.53 bits per heavy atom. The Bertz CT molecular complexity index is 2310. The van der Waals surface area contributed by atoms with E-state index in [1.807, 2.05) is 67.6 Å². The van der Waals surface area contributed by atoms with Gasteiger partial charge in [-0.2, -0.15) is 0 Å². The molecule has 3 aliphatic carbocycles. The molecule has 6 atom stereocenters. The number of pyridine rings is 1. The number of methoxy groups -OCH3 is 1. The summed E-state index contributed by atoms with van der Waals surface area (Å²) in [5.74, 6) is -1.59. The molecule has 3 N–H and O–H groups in total. The van der Waals surface area contributed by atoms with Gasteiger partial charge in [0.1, 0.15) is 35.2 Å². The van der Waals surface area contributed by atoms with Crippen LogP contribution in [0.5, 0.6) is 11.5 Å². The second-order valence-corrected chi connectivity index (χ2v) is 19.0. The Kier molecular flexibility index (Phi) is 11.6. The van der Waals surface area contributed by atoms with Gasteiger partial charge >= 0.3 is 6.09 Å². The molecule has 3 aromatic rings. The first-order chi connectivity index (χ1) is 28.9. The molecule has 0 radical (unpaired) electrons. The minimum Gasteiger partial charge on any atom is -0.496 e. The third-order valence-electron chi connectivity index (χ3n) is 12.6. The number of rotatable bonds is 9. The fraction of sp³-hybridized carbons (Fsp3) is 0.489. The summed E-state index contributed by atoms with van der Waals surface area (Å²) in [5, 5.41) is 5.81. The highest BCUT2D eigenvalue weighted by atomic mass is 32.2. The van der Waals surface area contributed by atoms with E-state index in [0.717, 1.165) is 30.4 Å². The van der Waals surface area contributed by atoms with E-state index in [2.05, 4.69) is 21.9 Å². The van der Waals surface area contributed by atoms with E-state index in [9.17, 15) is 27.6 Å². The summed E-state index contributed by atoms with van der Waals surface area (Å²) >= 11 is 0. The van der Waals surface area contributed by atoms with Crippen molar-refractivity contribution in [3.63, 3.8) is 0 Å². The number of hydrogen-bond acceptors (Lipinski definition) is 10. The van der Waals surface area contributed by atoms with Crippen LogP contribution in [0.4, 0.5) is 4.79 Å². The van der Waals surface area contributed by atoms with Crippen LogP contribution < -0.4 is 24.8 Å². The molecule has 14 nitrogen and oxygen atoms in total. The molecule has 15 heteroatoms. The summed E-state index contributed by atoms with van der Waals surface area (Å²) < 4.78 is 46.3. The summed E-state index contributed by atoms with van der Waals surface area (Å²) in [6.07, 6.45) is 9.97. The van der Waals surface area contributed by atoms with Crippen LogP contribution >= 0.6 is 0 Å². The van der Waals surface area contributed by atoms with E-state index in [1.165, 1.54) is 11.0 Å². The number of nitrogens with one attached hydrogen (secondary N) is 3. The Balaban J connectivity index is 1.19. The van der Waals surface area contributed by atoms with Crippen LogP contribution in [0.25, 0.3) is 28.2 Å². The van der Waals surface area contributed by atoms with Gasteiger partial charge < -0.3 is 29.7 Å². The Hall–Kier alpha value is -5.44. The molecular weight excluding hydrogens is 787 g/mol. The van der Waals surface area contributed by atoms with Gasteiger partial charge in [-0.15, -0.1) is 6.58 Å². The number of aromatic nitrogens is 1. The van der Waals surface area contributed by atoms with E-state index in [-0.39, 0.29) is 37.8 Å². The lowest BCUT2D eigenvalue weighted by atomic mass is 9.83. The number of fused-ring (bicyclic) bond motifs is 3. The SMILES string of the molecule is C=C[C@@H]1C[C@]1(NC(=O)[C@@H]1C[C@@H]2CN1C(=O)[C@H](C1CCCCC1)NC(=O)OCC(C)CC=Cc1cc3c(cc(-c4ccccc4)nc3cc1OC)O2)C(=O)NS(=O)(=O)C1CC1. The number of cyclic esters (lactones) is 1. The van der Waals surface area contributed by atoms with E-state index in [1.54, 1.807) is 7.11 Å². The maximum Gasteiger partial charge on any atom is 0.407 e. The summed E-state index contributed by atoms with van der Waals surface area (Å²) in [5.41, 5.74) is 1.35. The number of sulfonamides is 1. The maximum absolute atomic E-state index is 15.0. The zero-order chi connectivity index (χ0) is 42.2. The number of alkyl carbamates (subject to hydrolysis) is 1. The lowest BCUT2D eigenvalue weighted by Gasteiger charge is -2.34. The number of benzene rings is 2. The van der Waals surface area contributed by atoms with Gasteiger partial charge in [0.05, 0.1) is 36.7 Å². The predicted octanol–water partition coefficient (Wildman–Crippen LogP) is 5.66. The number of allylic oxidation sites excluding steroid dienone is 1. The van der Waals surface area contributed by atoms with Crippen molar-refractivity contribution < 1.29 is 41.8 Å². The first-order valence-corrected chi connectivity index (χ1v) is 22.6. The fourth-order valence-electron chi connectivity index (χ4n) is 8.88. The third-order valence-corrected chi connectivity index (χ3v) is 14.4. The Morgan fingerprint density at radius 2 is 1.83 bits per heavy atom. The highest BCUT2D eigenvalue weighted by Crippen LogP contribution is 2.46. The number of hydrogen-bond donors (Lipinski definition) is 3. The standard InChI is InChI=1S/C45H53N5O9S/c1-4-31-24-45(31,43(53)49-60(55,56)33-18-19-33)48-41(51)37-21-32-25-50(37)42(52)40(29-15-9-6-10-16-29)47-44(54)58-26-27(2)12-11-17-30-20-34-36(23-38(30)57-3)46-35(22-39(34)59-32)28-13-7-5-8-14-28/h4-5,7-8,11,13-14,17,20,22-23,27,29,31-33,37,40H,1,6,9-10,12,15-16,18-19,21,24-26H2,2-3H3,(H,47,54)(H,48,51)(H,49,53)/t27?,31-,32-,37+,40+,45-/m1/s1. The molecule has 3 heterocycles. The van der Waals surface area contributed by atoms with Crippen molar-refractivity contribution in [1.82, 2.24) is 25.2 Å². The van der Waals surface area contributed by atoms with Crippen LogP contribution in [0, 0.1) is 17.8 Å². The quantitative estimate of drug-likeness (QED) is 0.228. The second-order valence-electron chi connectivity index (χ2n) is 17.0. The number of ether oxygens (including phenoxy) is 3.